The van der Waals surface area contributed by atoms with E-state index < -0.39 is 0 Å². The predicted octanol–water partition coefficient (Wildman–Crippen LogP) is 1.86. The van der Waals surface area contributed by atoms with E-state index in [1.54, 1.807) is 0 Å². The van der Waals surface area contributed by atoms with E-state index in [4.69, 9.17) is 5.41 Å². The minimum absolute atomic E-state index is 0.886. The van der Waals surface area contributed by atoms with Gasteiger partial charge in [-0.2, -0.15) is 0 Å². The molecule has 0 spiro atoms. The van der Waals surface area contributed by atoms with Gasteiger partial charge in [0.2, 0.25) is 0 Å². The fourth-order valence-electron chi connectivity index (χ4n) is 1.92. The lowest BCUT2D eigenvalue weighted by molar-refractivity contribution is 0.247. The van der Waals surface area contributed by atoms with Crippen LogP contribution in [0.25, 0.3) is 0 Å². The lowest BCUT2D eigenvalue weighted by Gasteiger charge is -2.30. The normalized spacial score (nSPS) is 25.8. The summed E-state index contributed by atoms with van der Waals surface area (Å²) in [6, 6.07) is 0. The fraction of sp³-hybridized carbons (Fsp3) is 0.889. The van der Waals surface area contributed by atoms with Crippen molar-refractivity contribution in [1.29, 1.82) is 5.41 Å². The van der Waals surface area contributed by atoms with Crippen molar-refractivity contribution < 1.29 is 0 Å². The third-order valence-corrected chi connectivity index (χ3v) is 2.93. The molecule has 1 saturated carbocycles. The molecule has 1 saturated heterocycles. The van der Waals surface area contributed by atoms with Gasteiger partial charge in [0, 0.05) is 19.5 Å². The average molecular weight is 152 g/mol. The van der Waals surface area contributed by atoms with Crippen LogP contribution in [0.1, 0.15) is 32.1 Å². The zero-order valence-corrected chi connectivity index (χ0v) is 6.97. The lowest BCUT2D eigenvalue weighted by atomic mass is 9.85. The molecule has 0 atom stereocenters. The van der Waals surface area contributed by atoms with E-state index >= 15 is 0 Å². The van der Waals surface area contributed by atoms with Gasteiger partial charge < -0.3 is 4.90 Å². The molecule has 0 bridgehead atoms. The molecule has 11 heavy (non-hydrogen) atoms. The second kappa shape index (κ2) is 2.84. The molecular weight excluding hydrogens is 136 g/mol. The Morgan fingerprint density at radius 3 is 2.64 bits per heavy atom. The van der Waals surface area contributed by atoms with Gasteiger partial charge in [-0.05, 0) is 25.2 Å². The third-order valence-electron chi connectivity index (χ3n) is 2.93. The molecule has 2 nitrogen and oxygen atoms in total. The van der Waals surface area contributed by atoms with Gasteiger partial charge in [-0.15, -0.1) is 0 Å². The summed E-state index contributed by atoms with van der Waals surface area (Å²) in [7, 11) is 0. The first-order chi connectivity index (χ1) is 5.36. The summed E-state index contributed by atoms with van der Waals surface area (Å²) in [6.07, 6.45) is 6.47. The quantitative estimate of drug-likeness (QED) is 0.642. The standard InChI is InChI=1S/C9H16N2/c10-9-5-2-6-11(9)7-8-3-1-4-8/h8,10H,1-7H2. The zero-order chi connectivity index (χ0) is 7.68. The van der Waals surface area contributed by atoms with Gasteiger partial charge in [-0.1, -0.05) is 6.42 Å². The first-order valence-corrected chi connectivity index (χ1v) is 4.68. The van der Waals surface area contributed by atoms with Crippen LogP contribution >= 0.6 is 0 Å². The minimum atomic E-state index is 0.886. The highest BCUT2D eigenvalue weighted by atomic mass is 15.2. The Hall–Kier alpha value is -0.530. The average Bonchev–Trinajstić information content (AvgIpc) is 2.27. The van der Waals surface area contributed by atoms with Crippen molar-refractivity contribution in [1.82, 2.24) is 4.90 Å². The number of nitrogens with zero attached hydrogens (tertiary/aromatic N) is 1. The summed E-state index contributed by atoms with van der Waals surface area (Å²) < 4.78 is 0. The summed E-state index contributed by atoms with van der Waals surface area (Å²) in [5.41, 5.74) is 0. The van der Waals surface area contributed by atoms with E-state index in [2.05, 4.69) is 4.90 Å². The molecule has 1 aliphatic carbocycles. The highest BCUT2D eigenvalue weighted by molar-refractivity contribution is 5.80. The molecule has 1 heterocycles. The largest absolute Gasteiger partial charge is 0.360 e. The zero-order valence-electron chi connectivity index (χ0n) is 6.97. The van der Waals surface area contributed by atoms with Crippen molar-refractivity contribution in [2.45, 2.75) is 32.1 Å². The predicted molar refractivity (Wildman–Crippen MR) is 45.9 cm³/mol. The van der Waals surface area contributed by atoms with Crippen LogP contribution in [0.2, 0.25) is 0 Å². The molecule has 1 N–H and O–H groups in total. The topological polar surface area (TPSA) is 27.1 Å². The van der Waals surface area contributed by atoms with Crippen LogP contribution in [-0.4, -0.2) is 23.8 Å². The van der Waals surface area contributed by atoms with Crippen molar-refractivity contribution in [3.63, 3.8) is 0 Å². The van der Waals surface area contributed by atoms with E-state index in [0.717, 1.165) is 24.7 Å². The molecule has 2 fully saturated rings. The number of rotatable bonds is 2. The number of amidine groups is 1. The van der Waals surface area contributed by atoms with Crippen LogP contribution in [0.3, 0.4) is 0 Å². The van der Waals surface area contributed by atoms with Crippen LogP contribution in [-0.2, 0) is 0 Å². The van der Waals surface area contributed by atoms with Crippen molar-refractivity contribution in [2.75, 3.05) is 13.1 Å². The number of nitrogens with one attached hydrogen (secondary N) is 1. The van der Waals surface area contributed by atoms with E-state index in [-0.39, 0.29) is 0 Å². The van der Waals surface area contributed by atoms with Crippen molar-refractivity contribution in [3.8, 4) is 0 Å². The monoisotopic (exact) mass is 152 g/mol. The van der Waals surface area contributed by atoms with Gasteiger partial charge in [-0.25, -0.2) is 0 Å². The molecule has 0 aromatic carbocycles. The maximum absolute atomic E-state index is 7.62. The first-order valence-electron chi connectivity index (χ1n) is 4.68. The van der Waals surface area contributed by atoms with Gasteiger partial charge in [0.05, 0.1) is 5.84 Å². The second-order valence-electron chi connectivity index (χ2n) is 3.79. The molecule has 0 unspecified atom stereocenters. The maximum Gasteiger partial charge on any atom is 0.0958 e. The summed E-state index contributed by atoms with van der Waals surface area (Å²) >= 11 is 0. The van der Waals surface area contributed by atoms with Crippen LogP contribution < -0.4 is 0 Å². The van der Waals surface area contributed by atoms with Crippen LogP contribution in [0.5, 0.6) is 0 Å². The Morgan fingerprint density at radius 1 is 1.36 bits per heavy atom. The van der Waals surface area contributed by atoms with Crippen molar-refractivity contribution in [3.05, 3.63) is 0 Å². The number of hydrogen-bond donors (Lipinski definition) is 1. The molecule has 2 rings (SSSR count). The minimum Gasteiger partial charge on any atom is -0.360 e. The molecule has 2 aliphatic rings. The van der Waals surface area contributed by atoms with Crippen LogP contribution in [0, 0.1) is 11.3 Å². The Labute approximate surface area is 68.1 Å². The summed E-state index contributed by atoms with van der Waals surface area (Å²) in [5, 5.41) is 7.62. The Bertz CT molecular complexity index is 161. The lowest BCUT2D eigenvalue weighted by Crippen LogP contribution is -2.32. The number of likely N-dealkylation sites (tertiary alicyclic amines) is 1. The first kappa shape index (κ1) is 7.14. The fourth-order valence-corrected chi connectivity index (χ4v) is 1.92. The Balaban J connectivity index is 1.80. The highest BCUT2D eigenvalue weighted by Crippen LogP contribution is 2.28. The van der Waals surface area contributed by atoms with Crippen LogP contribution in [0.4, 0.5) is 0 Å². The summed E-state index contributed by atoms with van der Waals surface area (Å²) in [6.45, 7) is 2.33. The van der Waals surface area contributed by atoms with Gasteiger partial charge >= 0.3 is 0 Å². The SMILES string of the molecule is N=C1CCCN1CC1CCC1. The van der Waals surface area contributed by atoms with Crippen molar-refractivity contribution in [2.24, 2.45) is 5.92 Å². The van der Waals surface area contributed by atoms with Gasteiger partial charge in [0.15, 0.2) is 0 Å². The van der Waals surface area contributed by atoms with E-state index in [0.29, 0.717) is 0 Å². The Morgan fingerprint density at radius 2 is 2.18 bits per heavy atom. The van der Waals surface area contributed by atoms with Gasteiger partial charge in [-0.3, -0.25) is 5.41 Å². The van der Waals surface area contributed by atoms with E-state index in [1.165, 1.54) is 32.2 Å². The van der Waals surface area contributed by atoms with E-state index in [9.17, 15) is 0 Å². The molecule has 0 aromatic rings. The summed E-state index contributed by atoms with van der Waals surface area (Å²) in [5.74, 6) is 1.81. The highest BCUT2D eigenvalue weighted by Gasteiger charge is 2.24. The van der Waals surface area contributed by atoms with E-state index in [1.807, 2.05) is 0 Å². The molecule has 0 amide bonds. The molecule has 0 aromatic heterocycles. The van der Waals surface area contributed by atoms with Crippen LogP contribution in [0.15, 0.2) is 0 Å². The molecule has 1 aliphatic heterocycles. The second-order valence-corrected chi connectivity index (χ2v) is 3.79. The van der Waals surface area contributed by atoms with Crippen molar-refractivity contribution >= 4 is 5.84 Å². The smallest absolute Gasteiger partial charge is 0.0958 e. The third kappa shape index (κ3) is 1.39. The van der Waals surface area contributed by atoms with Gasteiger partial charge in [0.1, 0.15) is 0 Å². The number of hydrogen-bond acceptors (Lipinski definition) is 1. The Kier molecular flexibility index (Phi) is 1.84. The molecular formula is C9H16N2. The maximum atomic E-state index is 7.62. The molecule has 2 heteroatoms. The summed E-state index contributed by atoms with van der Waals surface area (Å²) in [4.78, 5) is 2.27. The molecule has 0 radical (unpaired) electrons. The molecule has 62 valence electrons. The van der Waals surface area contributed by atoms with Gasteiger partial charge in [0.25, 0.3) is 0 Å².